The van der Waals surface area contributed by atoms with E-state index >= 15 is 4.79 Å². The lowest BCUT2D eigenvalue weighted by Gasteiger charge is -2.44. The molecule has 4 fully saturated rings. The summed E-state index contributed by atoms with van der Waals surface area (Å²) in [6.07, 6.45) is 5.31. The van der Waals surface area contributed by atoms with Crippen molar-refractivity contribution < 1.29 is 47.5 Å². The van der Waals surface area contributed by atoms with E-state index in [1.165, 1.54) is 4.88 Å². The Morgan fingerprint density at radius 3 is 2.29 bits per heavy atom. The van der Waals surface area contributed by atoms with E-state index in [0.29, 0.717) is 18.0 Å². The fraction of sp³-hybridized carbons (Fsp3) is 0.729. The molecule has 6 aliphatic rings. The van der Waals surface area contributed by atoms with Crippen molar-refractivity contribution in [2.75, 3.05) is 35.4 Å². The summed E-state index contributed by atoms with van der Waals surface area (Å²) in [6.45, 7) is 8.18. The number of benzene rings is 1. The molecule has 4 heterocycles. The number of allylic oxidation sites excluding steroid dienone is 2. The summed E-state index contributed by atoms with van der Waals surface area (Å²) in [5, 5.41) is 0.935. The van der Waals surface area contributed by atoms with Gasteiger partial charge in [0.05, 0.1) is 36.5 Å². The second kappa shape index (κ2) is 19.8. The molecule has 0 radical (unpaired) electrons. The zero-order valence-corrected chi connectivity index (χ0v) is 40.2. The van der Waals surface area contributed by atoms with Crippen molar-refractivity contribution in [2.45, 2.75) is 165 Å². The highest BCUT2D eigenvalue weighted by Gasteiger charge is 2.57. The minimum atomic E-state index is -0.658. The van der Waals surface area contributed by atoms with E-state index in [1.54, 1.807) is 32.7 Å². The van der Waals surface area contributed by atoms with Crippen LogP contribution in [0.5, 0.6) is 0 Å². The molecular formula is C48H67BrN2O10S. The topological polar surface area (TPSA) is 124 Å². The summed E-state index contributed by atoms with van der Waals surface area (Å²) in [7, 11) is 9.16. The molecule has 1 aromatic heterocycles. The van der Waals surface area contributed by atoms with E-state index in [-0.39, 0.29) is 96.8 Å². The molecule has 0 spiro atoms. The molecule has 3 saturated heterocycles. The predicted octanol–water partition coefficient (Wildman–Crippen LogP) is 8.45. The highest BCUT2D eigenvalue weighted by molar-refractivity contribution is 9.10. The zero-order chi connectivity index (χ0) is 44.0. The van der Waals surface area contributed by atoms with Crippen molar-refractivity contribution in [3.63, 3.8) is 0 Å². The Morgan fingerprint density at radius 2 is 1.61 bits per heavy atom. The lowest BCUT2D eigenvalue weighted by Crippen LogP contribution is -2.59. The molecule has 6 unspecified atom stereocenters. The lowest BCUT2D eigenvalue weighted by molar-refractivity contribution is -0.314. The van der Waals surface area contributed by atoms with Crippen LogP contribution in [0.25, 0.3) is 10.6 Å². The van der Waals surface area contributed by atoms with Gasteiger partial charge in [-0.2, -0.15) is 0 Å². The monoisotopic (exact) mass is 942 g/mol. The van der Waals surface area contributed by atoms with E-state index in [1.807, 2.05) is 26.0 Å². The van der Waals surface area contributed by atoms with Crippen LogP contribution in [0.2, 0.25) is 0 Å². The minimum Gasteiger partial charge on any atom is -0.462 e. The van der Waals surface area contributed by atoms with Crippen LogP contribution in [0.3, 0.4) is 0 Å². The molecule has 1 aromatic carbocycles. The molecule has 2 aromatic rings. The minimum absolute atomic E-state index is 0.00819. The summed E-state index contributed by atoms with van der Waals surface area (Å²) >= 11 is 5.34. The number of ether oxygens (including phenoxy) is 8. The van der Waals surface area contributed by atoms with Crippen molar-refractivity contribution >= 4 is 39.0 Å². The maximum atomic E-state index is 15.2. The number of fused-ring (bicyclic) bond motifs is 8. The van der Waals surface area contributed by atoms with Crippen molar-refractivity contribution in [1.29, 1.82) is 0 Å². The van der Waals surface area contributed by atoms with Gasteiger partial charge in [0.1, 0.15) is 29.4 Å². The number of esters is 1. The molecule has 342 valence electrons. The first-order valence-corrected chi connectivity index (χ1v) is 24.5. The molecule has 0 N–H and O–H groups in total. The summed E-state index contributed by atoms with van der Waals surface area (Å²) < 4.78 is 51.6. The molecule has 17 atom stereocenters. The van der Waals surface area contributed by atoms with Crippen molar-refractivity contribution in [1.82, 2.24) is 9.88 Å². The van der Waals surface area contributed by atoms with Gasteiger partial charge in [-0.05, 0) is 109 Å². The van der Waals surface area contributed by atoms with Crippen LogP contribution in [0, 0.1) is 23.7 Å². The average molecular weight is 944 g/mol. The van der Waals surface area contributed by atoms with Crippen molar-refractivity contribution in [3.8, 4) is 10.6 Å². The number of nitrogens with zero attached hydrogens (tertiary/aromatic N) is 2. The molecule has 0 amide bonds. The maximum Gasteiger partial charge on any atom is 0.306 e. The Hall–Kier alpha value is -2.11. The van der Waals surface area contributed by atoms with Gasteiger partial charge in [-0.1, -0.05) is 48.0 Å². The second-order valence-electron chi connectivity index (χ2n) is 18.8. The highest BCUT2D eigenvalue weighted by atomic mass is 79.9. The van der Waals surface area contributed by atoms with E-state index < -0.39 is 18.3 Å². The van der Waals surface area contributed by atoms with E-state index in [9.17, 15) is 4.79 Å². The number of rotatable bonds is 10. The van der Waals surface area contributed by atoms with Crippen LogP contribution in [0.1, 0.15) is 108 Å². The maximum absolute atomic E-state index is 15.2. The number of hydrogen-bond donors (Lipinski definition) is 0. The molecule has 62 heavy (non-hydrogen) atoms. The number of cyclic esters (lactones) is 1. The summed E-state index contributed by atoms with van der Waals surface area (Å²) in [5.74, 6) is -0.948. The first kappa shape index (κ1) is 46.4. The second-order valence-corrected chi connectivity index (χ2v) is 20.7. The molecule has 1 saturated carbocycles. The Bertz CT molecular complexity index is 1910. The standard InChI is InChI=1S/C48H67BrN2O10S/c1-10-29-12-11-13-37(61-39-19-18-36(51(5)6)25(3)57-39)24(2)42(53)34-22-32-31-20-30(60-48-45(56-9)44(55-8)43(54-7)26(4)58-48)21-35(31)46-41(40(32)33(34)23-38(52)59-29)50-47(62-46)27-14-16-28(49)17-15-27/h14-17,22,24-26,29-33,35-37,39-40,43-45,48H,10-13,18-21,23H2,1-9H3/t24-,25?,26?,29+,30+,31+,32+,33-,35-,36+,37+,39+,40-,43?,44?,45?,48?/m1/s1. The smallest absolute Gasteiger partial charge is 0.306 e. The van der Waals surface area contributed by atoms with Crippen LogP contribution >= 0.6 is 27.3 Å². The van der Waals surface area contributed by atoms with Crippen molar-refractivity contribution in [3.05, 3.63) is 51.0 Å². The predicted molar refractivity (Wildman–Crippen MR) is 239 cm³/mol. The number of Topliss-reactive ketones (excluding diaryl/α,β-unsaturated/α-hetero) is 1. The number of halogens is 1. The molecule has 3 aliphatic carbocycles. The van der Waals surface area contributed by atoms with Crippen LogP contribution in [-0.2, 0) is 47.5 Å². The third kappa shape index (κ3) is 9.18. The molecule has 0 bridgehead atoms. The Labute approximate surface area is 380 Å². The Morgan fingerprint density at radius 1 is 0.871 bits per heavy atom. The fourth-order valence-corrected chi connectivity index (χ4v) is 13.4. The third-order valence-corrected chi connectivity index (χ3v) is 16.8. The molecule has 3 aliphatic heterocycles. The van der Waals surface area contributed by atoms with Crippen LogP contribution in [-0.4, -0.2) is 125 Å². The van der Waals surface area contributed by atoms with E-state index in [4.69, 9.17) is 42.9 Å². The molecular weight excluding hydrogens is 877 g/mol. The van der Waals surface area contributed by atoms with Crippen LogP contribution in [0.4, 0.5) is 0 Å². The van der Waals surface area contributed by atoms with E-state index in [2.05, 4.69) is 67.0 Å². The largest absolute Gasteiger partial charge is 0.462 e. The molecule has 12 nitrogen and oxygen atoms in total. The molecule has 14 heteroatoms. The average Bonchev–Trinajstić information content (AvgIpc) is 3.97. The Kier molecular flexibility index (Phi) is 14.8. The van der Waals surface area contributed by atoms with Gasteiger partial charge in [-0.25, -0.2) is 4.98 Å². The van der Waals surface area contributed by atoms with Gasteiger partial charge in [0.2, 0.25) is 0 Å². The molecule has 8 rings (SSSR count). The number of ketones is 1. The quantitative estimate of drug-likeness (QED) is 0.213. The Balaban J connectivity index is 1.14. The number of hydrogen-bond acceptors (Lipinski definition) is 13. The first-order chi connectivity index (χ1) is 29.8. The number of methoxy groups -OCH3 is 3. The van der Waals surface area contributed by atoms with Gasteiger partial charge >= 0.3 is 5.97 Å². The number of carbonyl (C=O) groups is 2. The van der Waals surface area contributed by atoms with Crippen LogP contribution < -0.4 is 0 Å². The summed E-state index contributed by atoms with van der Waals surface area (Å²) in [6, 6.07) is 8.58. The third-order valence-electron chi connectivity index (χ3n) is 15.0. The van der Waals surface area contributed by atoms with Crippen LogP contribution in [0.15, 0.2) is 40.4 Å². The normalized spacial score (nSPS) is 40.1. The zero-order valence-electron chi connectivity index (χ0n) is 37.8. The number of carbonyl (C=O) groups excluding carboxylic acids is 2. The summed E-state index contributed by atoms with van der Waals surface area (Å²) in [4.78, 5) is 38.2. The highest BCUT2D eigenvalue weighted by Crippen LogP contribution is 2.63. The number of likely N-dealkylation sites (N-methyl/N-ethyl adjacent to an activating group) is 1. The SMILES string of the molecule is CC[C@H]1CCC[C@H](O[C@H]2CC[C@H](N(C)C)C(C)O2)[C@@H](C)C(=O)C2=C[C@H]3[C@@H]4C[C@H](OC5OC(C)C(OC)C(OC)C5OC)C[C@H]4c4sc(-c5ccc(Br)cc5)nc4[C@H]3[C@@H]2CC(=O)O1. The van der Waals surface area contributed by atoms with Gasteiger partial charge in [-0.3, -0.25) is 9.59 Å². The van der Waals surface area contributed by atoms with Gasteiger partial charge in [-0.15, -0.1) is 11.3 Å². The van der Waals surface area contributed by atoms with E-state index in [0.717, 1.165) is 65.7 Å². The van der Waals surface area contributed by atoms with Crippen molar-refractivity contribution in [2.24, 2.45) is 23.7 Å². The number of thiazole rings is 1. The van der Waals surface area contributed by atoms with Gasteiger partial charge in [0.15, 0.2) is 18.4 Å². The van der Waals surface area contributed by atoms with Gasteiger partial charge in [0, 0.05) is 66.0 Å². The fourth-order valence-electron chi connectivity index (χ4n) is 11.8. The van der Waals surface area contributed by atoms with Gasteiger partial charge in [0.25, 0.3) is 0 Å². The first-order valence-electron chi connectivity index (χ1n) is 22.9. The van der Waals surface area contributed by atoms with Gasteiger partial charge < -0.3 is 42.8 Å². The summed E-state index contributed by atoms with van der Waals surface area (Å²) in [5.41, 5.74) is 2.74. The number of aromatic nitrogens is 1. The lowest BCUT2D eigenvalue weighted by atomic mass is 9.67.